The van der Waals surface area contributed by atoms with Gasteiger partial charge in [-0.25, -0.2) is 4.68 Å². The van der Waals surface area contributed by atoms with Crippen molar-refractivity contribution >= 4 is 45.0 Å². The first-order valence-electron chi connectivity index (χ1n) is 18.5. The first kappa shape index (κ1) is 41.4. The van der Waals surface area contributed by atoms with Gasteiger partial charge in [0.2, 0.25) is 17.7 Å². The minimum absolute atomic E-state index is 0.0116. The van der Waals surface area contributed by atoms with Gasteiger partial charge in [-0.05, 0) is 78.9 Å². The quantitative estimate of drug-likeness (QED) is 0.0931. The Balaban J connectivity index is 1.30. The van der Waals surface area contributed by atoms with E-state index in [1.807, 2.05) is 76.5 Å². The van der Waals surface area contributed by atoms with E-state index in [4.69, 9.17) is 4.74 Å². The van der Waals surface area contributed by atoms with E-state index in [1.165, 1.54) is 0 Å². The molecule has 1 aliphatic rings. The van der Waals surface area contributed by atoms with Crippen molar-refractivity contribution in [2.24, 2.45) is 0 Å². The van der Waals surface area contributed by atoms with Crippen LogP contribution in [0.4, 0.5) is 5.69 Å². The van der Waals surface area contributed by atoms with Crippen LogP contribution in [-0.2, 0) is 32.2 Å². The van der Waals surface area contributed by atoms with Crippen LogP contribution in [-0.4, -0.2) is 68.0 Å². The molecule has 52 heavy (non-hydrogen) atoms. The molecule has 2 N–H and O–H groups in total. The molecule has 3 aromatic rings. The van der Waals surface area contributed by atoms with Crippen molar-refractivity contribution in [1.82, 2.24) is 25.6 Å². The van der Waals surface area contributed by atoms with E-state index in [-0.39, 0.29) is 40.9 Å². The van der Waals surface area contributed by atoms with Crippen LogP contribution in [0.25, 0.3) is 22.5 Å². The second kappa shape index (κ2) is 18.6. The standard InChI is InChI=1S/C40H58N6O4S2/c1-9-10-25-46-37-30-16-12-11-15-29(30)28-45(32-18-14-13-17-31(32)36(37)43-44-46)35(49)20-19-34(48)42-38(2,3)23-26-50-39(4,5)24-27-51-52-40(6,7)22-21-33(47)41-8/h11-18H,9-10,19-28H2,1-8H3,(H,41,47)(H,42,48). The summed E-state index contributed by atoms with van der Waals surface area (Å²) in [7, 11) is 5.31. The Morgan fingerprint density at radius 1 is 0.885 bits per heavy atom. The lowest BCUT2D eigenvalue weighted by molar-refractivity contribution is -0.126. The fourth-order valence-electron chi connectivity index (χ4n) is 6.08. The van der Waals surface area contributed by atoms with E-state index in [1.54, 1.807) is 11.9 Å². The largest absolute Gasteiger partial charge is 0.375 e. The summed E-state index contributed by atoms with van der Waals surface area (Å²) in [5, 5.41) is 15.0. The van der Waals surface area contributed by atoms with Crippen molar-refractivity contribution in [3.63, 3.8) is 0 Å². The number of nitrogens with zero attached hydrogens (tertiary/aromatic N) is 4. The predicted molar refractivity (Wildman–Crippen MR) is 215 cm³/mol. The second-order valence-corrected chi connectivity index (χ2v) is 18.5. The molecule has 0 radical (unpaired) electrons. The van der Waals surface area contributed by atoms with Crippen LogP contribution in [0.15, 0.2) is 48.5 Å². The molecule has 0 spiro atoms. The Morgan fingerprint density at radius 2 is 1.60 bits per heavy atom. The van der Waals surface area contributed by atoms with Gasteiger partial charge in [0.1, 0.15) is 5.69 Å². The lowest BCUT2D eigenvalue weighted by atomic mass is 9.95. The topological polar surface area (TPSA) is 118 Å². The van der Waals surface area contributed by atoms with E-state index < -0.39 is 5.54 Å². The van der Waals surface area contributed by atoms with Crippen LogP contribution < -0.4 is 15.5 Å². The third-order valence-corrected chi connectivity index (χ3v) is 12.7. The highest BCUT2D eigenvalue weighted by atomic mass is 33.1. The number of fused-ring (bicyclic) bond motifs is 5. The number of carbonyl (C=O) groups excluding carboxylic acids is 3. The zero-order valence-electron chi connectivity index (χ0n) is 32.3. The second-order valence-electron chi connectivity index (χ2n) is 15.4. The van der Waals surface area contributed by atoms with Crippen LogP contribution in [0.3, 0.4) is 0 Å². The van der Waals surface area contributed by atoms with E-state index in [0.717, 1.165) is 71.7 Å². The van der Waals surface area contributed by atoms with Crippen molar-refractivity contribution in [2.75, 3.05) is 24.3 Å². The van der Waals surface area contributed by atoms with Gasteiger partial charge in [-0.1, -0.05) is 82.6 Å². The molecule has 0 unspecified atom stereocenters. The van der Waals surface area contributed by atoms with Gasteiger partial charge in [-0.15, -0.1) is 5.10 Å². The molecule has 0 saturated heterocycles. The fourth-order valence-corrected chi connectivity index (χ4v) is 8.95. The molecule has 2 heterocycles. The summed E-state index contributed by atoms with van der Waals surface area (Å²) < 4.78 is 8.28. The third-order valence-electron chi connectivity index (χ3n) is 9.38. The number of anilines is 1. The van der Waals surface area contributed by atoms with Gasteiger partial charge in [-0.3, -0.25) is 14.4 Å². The van der Waals surface area contributed by atoms with Crippen molar-refractivity contribution in [3.8, 4) is 22.5 Å². The molecule has 1 aromatic heterocycles. The number of para-hydroxylation sites is 1. The summed E-state index contributed by atoms with van der Waals surface area (Å²) in [6.07, 6.45) is 5.09. The van der Waals surface area contributed by atoms with Gasteiger partial charge in [0.15, 0.2) is 0 Å². The zero-order chi connectivity index (χ0) is 37.9. The Morgan fingerprint density at radius 3 is 2.33 bits per heavy atom. The normalized spacial score (nSPS) is 13.0. The first-order valence-corrected chi connectivity index (χ1v) is 20.8. The summed E-state index contributed by atoms with van der Waals surface area (Å²) in [6.45, 7) is 16.4. The summed E-state index contributed by atoms with van der Waals surface area (Å²) in [6, 6.07) is 16.0. The number of carbonyl (C=O) groups is 3. The van der Waals surface area contributed by atoms with Crippen LogP contribution >= 0.6 is 21.6 Å². The molecular weight excluding hydrogens is 693 g/mol. The Bertz CT molecular complexity index is 1670. The van der Waals surface area contributed by atoms with Crippen molar-refractivity contribution in [3.05, 3.63) is 54.1 Å². The average molecular weight is 751 g/mol. The molecule has 4 rings (SSSR count). The SMILES string of the molecule is CCCCn1nnc2c1-c1ccccc1CN(C(=O)CCC(=O)NC(C)(C)CCOC(C)(C)CCSSC(C)(C)CCC(=O)NC)c1ccccc1-2. The van der Waals surface area contributed by atoms with Crippen LogP contribution in [0.5, 0.6) is 0 Å². The van der Waals surface area contributed by atoms with Gasteiger partial charge in [-0.2, -0.15) is 0 Å². The molecule has 0 fully saturated rings. The summed E-state index contributed by atoms with van der Waals surface area (Å²) in [5.74, 6) is 0.730. The highest BCUT2D eigenvalue weighted by molar-refractivity contribution is 8.77. The van der Waals surface area contributed by atoms with E-state index in [9.17, 15) is 14.4 Å². The maximum atomic E-state index is 13.9. The average Bonchev–Trinajstić information content (AvgIpc) is 3.51. The van der Waals surface area contributed by atoms with E-state index in [2.05, 4.69) is 67.7 Å². The molecule has 2 aromatic carbocycles. The van der Waals surface area contributed by atoms with Gasteiger partial charge >= 0.3 is 0 Å². The molecule has 284 valence electrons. The van der Waals surface area contributed by atoms with Gasteiger partial charge in [0.05, 0.1) is 23.5 Å². The first-order chi connectivity index (χ1) is 24.6. The monoisotopic (exact) mass is 750 g/mol. The van der Waals surface area contributed by atoms with Crippen molar-refractivity contribution < 1.29 is 19.1 Å². The van der Waals surface area contributed by atoms with Crippen LogP contribution in [0.2, 0.25) is 0 Å². The van der Waals surface area contributed by atoms with E-state index >= 15 is 0 Å². The molecule has 0 saturated carbocycles. The molecule has 0 atom stereocenters. The molecule has 10 nitrogen and oxygen atoms in total. The number of unbranched alkanes of at least 4 members (excludes halogenated alkanes) is 1. The molecule has 3 amide bonds. The number of benzene rings is 2. The summed E-state index contributed by atoms with van der Waals surface area (Å²) >= 11 is 0. The highest BCUT2D eigenvalue weighted by Crippen LogP contribution is 2.42. The number of aryl methyl sites for hydroxylation is 1. The molecule has 1 aliphatic heterocycles. The highest BCUT2D eigenvalue weighted by Gasteiger charge is 2.30. The number of ether oxygens (including phenoxy) is 1. The van der Waals surface area contributed by atoms with Gasteiger partial charge in [0, 0.05) is 66.6 Å². The van der Waals surface area contributed by atoms with Gasteiger partial charge in [0.25, 0.3) is 0 Å². The molecule has 12 heteroatoms. The smallest absolute Gasteiger partial charge is 0.227 e. The lowest BCUT2D eigenvalue weighted by Crippen LogP contribution is -2.45. The van der Waals surface area contributed by atoms with Crippen molar-refractivity contribution in [2.45, 2.75) is 129 Å². The minimum atomic E-state index is -0.498. The zero-order valence-corrected chi connectivity index (χ0v) is 34.0. The third kappa shape index (κ3) is 11.8. The Labute approximate surface area is 318 Å². The molecule has 0 bridgehead atoms. The Kier molecular flexibility index (Phi) is 14.8. The minimum Gasteiger partial charge on any atom is -0.375 e. The lowest BCUT2D eigenvalue weighted by Gasteiger charge is -2.31. The number of rotatable bonds is 19. The fraction of sp³-hybridized carbons (Fsp3) is 0.575. The van der Waals surface area contributed by atoms with Gasteiger partial charge < -0.3 is 20.3 Å². The number of nitrogens with one attached hydrogen (secondary N) is 2. The van der Waals surface area contributed by atoms with Crippen LogP contribution in [0, 0.1) is 0 Å². The van der Waals surface area contributed by atoms with E-state index in [0.29, 0.717) is 26.0 Å². The van der Waals surface area contributed by atoms with Crippen molar-refractivity contribution in [1.29, 1.82) is 0 Å². The maximum absolute atomic E-state index is 13.9. The summed E-state index contributed by atoms with van der Waals surface area (Å²) in [4.78, 5) is 40.6. The number of hydrogen-bond acceptors (Lipinski definition) is 8. The number of hydrogen-bond donors (Lipinski definition) is 2. The number of amides is 3. The van der Waals surface area contributed by atoms with Crippen LogP contribution in [0.1, 0.15) is 105 Å². The summed E-state index contributed by atoms with van der Waals surface area (Å²) in [5.41, 5.74) is 4.59. The predicted octanol–water partition coefficient (Wildman–Crippen LogP) is 8.20. The molecule has 0 aliphatic carbocycles. The maximum Gasteiger partial charge on any atom is 0.227 e. The Hall–Kier alpha value is -3.35. The molecular formula is C40H58N6O4S2. The number of aromatic nitrogens is 3.